The number of ether oxygens (including phenoxy) is 2. The van der Waals surface area contributed by atoms with Crippen molar-refractivity contribution in [2.75, 3.05) is 25.2 Å². The predicted molar refractivity (Wildman–Crippen MR) is 142 cm³/mol. The first-order valence-corrected chi connectivity index (χ1v) is 12.1. The molecule has 35 heavy (non-hydrogen) atoms. The molecule has 0 radical (unpaired) electrons. The number of hydrogen-bond donors (Lipinski definition) is 2. The van der Waals surface area contributed by atoms with Crippen molar-refractivity contribution in [2.45, 2.75) is 13.0 Å². The number of benzene rings is 4. The van der Waals surface area contributed by atoms with Gasteiger partial charge in [-0.15, -0.1) is 0 Å². The van der Waals surface area contributed by atoms with Gasteiger partial charge in [0.2, 0.25) is 6.79 Å². The van der Waals surface area contributed by atoms with Crippen LogP contribution in [0.5, 0.6) is 11.5 Å². The van der Waals surface area contributed by atoms with E-state index in [1.165, 1.54) is 21.9 Å². The van der Waals surface area contributed by atoms with Crippen LogP contribution >= 0.6 is 0 Å². The Kier molecular flexibility index (Phi) is 5.91. The zero-order chi connectivity index (χ0) is 23.5. The van der Waals surface area contributed by atoms with Gasteiger partial charge in [0.25, 0.3) is 0 Å². The van der Waals surface area contributed by atoms with Crippen LogP contribution in [0.4, 0.5) is 5.69 Å². The fourth-order valence-corrected chi connectivity index (χ4v) is 4.74. The van der Waals surface area contributed by atoms with Gasteiger partial charge in [0.1, 0.15) is 0 Å². The maximum absolute atomic E-state index is 5.58. The molecule has 0 aliphatic carbocycles. The summed E-state index contributed by atoms with van der Waals surface area (Å²) in [7, 11) is 0. The van der Waals surface area contributed by atoms with Crippen LogP contribution in [0.15, 0.2) is 91.1 Å². The highest BCUT2D eigenvalue weighted by molar-refractivity contribution is 6.00. The van der Waals surface area contributed by atoms with E-state index < -0.39 is 0 Å². The number of nitrogens with zero attached hydrogens (tertiary/aromatic N) is 1. The Morgan fingerprint density at radius 2 is 1.71 bits per heavy atom. The Hall–Kier alpha value is -4.09. The molecular weight excluding hydrogens is 434 g/mol. The molecule has 0 amide bonds. The molecule has 5 aromatic rings. The molecule has 0 bridgehead atoms. The quantitative estimate of drug-likeness (QED) is 0.263. The third kappa shape index (κ3) is 4.38. The third-order valence-electron chi connectivity index (χ3n) is 6.48. The van der Waals surface area contributed by atoms with E-state index in [1.807, 2.05) is 18.3 Å². The first kappa shape index (κ1) is 21.4. The molecule has 0 saturated heterocycles. The van der Waals surface area contributed by atoms with Gasteiger partial charge in [-0.1, -0.05) is 66.7 Å². The average molecular weight is 462 g/mol. The highest BCUT2D eigenvalue weighted by Crippen LogP contribution is 2.35. The lowest BCUT2D eigenvalue weighted by molar-refractivity contribution is 0.173. The number of pyridine rings is 1. The molecular formula is C30H27N3O2. The van der Waals surface area contributed by atoms with Crippen molar-refractivity contribution in [3.63, 3.8) is 0 Å². The molecule has 1 aliphatic heterocycles. The van der Waals surface area contributed by atoms with Crippen molar-refractivity contribution in [2.24, 2.45) is 0 Å². The number of para-hydroxylation sites is 1. The highest BCUT2D eigenvalue weighted by atomic mass is 16.7. The summed E-state index contributed by atoms with van der Waals surface area (Å²) in [5, 5.41) is 10.7. The maximum atomic E-state index is 5.58. The highest BCUT2D eigenvalue weighted by Gasteiger charge is 2.16. The summed E-state index contributed by atoms with van der Waals surface area (Å²) in [4.78, 5) is 4.65. The van der Waals surface area contributed by atoms with Crippen LogP contribution in [0.1, 0.15) is 12.0 Å². The lowest BCUT2D eigenvalue weighted by atomic mass is 9.97. The molecule has 0 fully saturated rings. The zero-order valence-corrected chi connectivity index (χ0v) is 19.5. The Labute approximate surface area is 204 Å². The van der Waals surface area contributed by atoms with Gasteiger partial charge in [0.05, 0.1) is 5.52 Å². The molecule has 0 spiro atoms. The SMILES string of the molecule is c1cc(CNCCCNc2ccnc3cc(-c4cccc5ccccc45)ccc23)c2c(c1)OCO2. The molecule has 1 aliphatic rings. The second-order valence-electron chi connectivity index (χ2n) is 8.73. The molecule has 0 saturated carbocycles. The van der Waals surface area contributed by atoms with Gasteiger partial charge in [-0.3, -0.25) is 4.98 Å². The Balaban J connectivity index is 1.10. The normalized spacial score (nSPS) is 12.3. The Bertz CT molecular complexity index is 1490. The van der Waals surface area contributed by atoms with Gasteiger partial charge in [-0.25, -0.2) is 0 Å². The molecule has 0 unspecified atom stereocenters. The molecule has 6 rings (SSSR count). The minimum absolute atomic E-state index is 0.305. The monoisotopic (exact) mass is 461 g/mol. The summed E-state index contributed by atoms with van der Waals surface area (Å²) < 4.78 is 11.0. The Morgan fingerprint density at radius 3 is 2.71 bits per heavy atom. The number of fused-ring (bicyclic) bond motifs is 3. The van der Waals surface area contributed by atoms with Crippen LogP contribution < -0.4 is 20.1 Å². The number of anilines is 1. The van der Waals surface area contributed by atoms with E-state index in [4.69, 9.17) is 9.47 Å². The fraction of sp³-hybridized carbons (Fsp3) is 0.167. The van der Waals surface area contributed by atoms with Gasteiger partial charge >= 0.3 is 0 Å². The van der Waals surface area contributed by atoms with E-state index in [0.717, 1.165) is 59.7 Å². The largest absolute Gasteiger partial charge is 0.454 e. The van der Waals surface area contributed by atoms with Crippen LogP contribution in [0.2, 0.25) is 0 Å². The number of nitrogens with one attached hydrogen (secondary N) is 2. The summed E-state index contributed by atoms with van der Waals surface area (Å²) in [6.07, 6.45) is 2.89. The van der Waals surface area contributed by atoms with Gasteiger partial charge in [-0.2, -0.15) is 0 Å². The first-order valence-electron chi connectivity index (χ1n) is 12.1. The van der Waals surface area contributed by atoms with Crippen molar-refractivity contribution >= 4 is 27.4 Å². The van der Waals surface area contributed by atoms with Gasteiger partial charge in [-0.05, 0) is 53.1 Å². The summed E-state index contributed by atoms with van der Waals surface area (Å²) in [6, 6.07) is 29.6. The smallest absolute Gasteiger partial charge is 0.231 e. The van der Waals surface area contributed by atoms with E-state index in [2.05, 4.69) is 88.4 Å². The second kappa shape index (κ2) is 9.65. The van der Waals surface area contributed by atoms with Crippen LogP contribution in [0.3, 0.4) is 0 Å². The van der Waals surface area contributed by atoms with Crippen molar-refractivity contribution < 1.29 is 9.47 Å². The van der Waals surface area contributed by atoms with Gasteiger partial charge < -0.3 is 20.1 Å². The van der Waals surface area contributed by atoms with Crippen LogP contribution in [0, 0.1) is 0 Å². The maximum Gasteiger partial charge on any atom is 0.231 e. The molecule has 174 valence electrons. The van der Waals surface area contributed by atoms with E-state index in [9.17, 15) is 0 Å². The lowest BCUT2D eigenvalue weighted by Gasteiger charge is -2.12. The summed E-state index contributed by atoms with van der Waals surface area (Å²) in [6.45, 7) is 2.86. The first-order chi connectivity index (χ1) is 17.4. The van der Waals surface area contributed by atoms with Crippen molar-refractivity contribution in [1.29, 1.82) is 0 Å². The van der Waals surface area contributed by atoms with Gasteiger partial charge in [0, 0.05) is 35.9 Å². The second-order valence-corrected chi connectivity index (χ2v) is 8.73. The topological polar surface area (TPSA) is 55.4 Å². The lowest BCUT2D eigenvalue weighted by Crippen LogP contribution is -2.18. The number of rotatable bonds is 8. The molecule has 4 aromatic carbocycles. The Morgan fingerprint density at radius 1 is 0.800 bits per heavy atom. The van der Waals surface area contributed by atoms with E-state index >= 15 is 0 Å². The minimum Gasteiger partial charge on any atom is -0.454 e. The van der Waals surface area contributed by atoms with E-state index in [0.29, 0.717) is 6.79 Å². The van der Waals surface area contributed by atoms with Crippen molar-refractivity contribution in [3.05, 3.63) is 96.7 Å². The van der Waals surface area contributed by atoms with Crippen LogP contribution in [-0.2, 0) is 6.54 Å². The molecule has 2 heterocycles. The molecule has 5 nitrogen and oxygen atoms in total. The van der Waals surface area contributed by atoms with Crippen molar-refractivity contribution in [3.8, 4) is 22.6 Å². The molecule has 5 heteroatoms. The van der Waals surface area contributed by atoms with E-state index in [1.54, 1.807) is 0 Å². The predicted octanol–water partition coefficient (Wildman–Crippen LogP) is 6.38. The van der Waals surface area contributed by atoms with Gasteiger partial charge in [0.15, 0.2) is 11.5 Å². The zero-order valence-electron chi connectivity index (χ0n) is 19.5. The summed E-state index contributed by atoms with van der Waals surface area (Å²) >= 11 is 0. The van der Waals surface area contributed by atoms with Crippen LogP contribution in [-0.4, -0.2) is 24.9 Å². The average Bonchev–Trinajstić information content (AvgIpc) is 3.40. The van der Waals surface area contributed by atoms with Crippen LogP contribution in [0.25, 0.3) is 32.8 Å². The molecule has 1 aromatic heterocycles. The summed E-state index contributed by atoms with van der Waals surface area (Å²) in [5.41, 5.74) is 5.67. The number of hydrogen-bond acceptors (Lipinski definition) is 5. The fourth-order valence-electron chi connectivity index (χ4n) is 4.74. The minimum atomic E-state index is 0.305. The van der Waals surface area contributed by atoms with Crippen molar-refractivity contribution in [1.82, 2.24) is 10.3 Å². The molecule has 2 N–H and O–H groups in total. The standard InChI is InChI=1S/C30H27N3O2/c1-2-9-24-21(6-1)7-3-10-25(24)22-12-13-26-27(14-17-33-28(26)18-22)32-16-5-15-31-19-23-8-4-11-29-30(23)35-20-34-29/h1-4,6-14,17-18,31H,5,15-16,19-20H2,(H,32,33). The summed E-state index contributed by atoms with van der Waals surface area (Å²) in [5.74, 6) is 1.70. The third-order valence-corrected chi connectivity index (χ3v) is 6.48. The van der Waals surface area contributed by atoms with E-state index in [-0.39, 0.29) is 0 Å². The number of aromatic nitrogens is 1. The molecule has 0 atom stereocenters.